The highest BCUT2D eigenvalue weighted by molar-refractivity contribution is 7.83. The van der Waals surface area contributed by atoms with Crippen LogP contribution in [-0.2, 0) is 15.0 Å². The topological polar surface area (TPSA) is 157 Å². The van der Waals surface area contributed by atoms with Crippen molar-refractivity contribution in [3.05, 3.63) is 0 Å². The number of hydrogen-bond donors (Lipinski definition) is 6. The van der Waals surface area contributed by atoms with E-state index in [9.17, 15) is 23.7 Å². The summed E-state index contributed by atoms with van der Waals surface area (Å²) in [6.07, 6.45) is -6.34. The van der Waals surface area contributed by atoms with Gasteiger partial charge in [0.05, 0.1) is 6.61 Å². The van der Waals surface area contributed by atoms with E-state index in [0.717, 1.165) is 0 Å². The van der Waals surface area contributed by atoms with Gasteiger partial charge < -0.3 is 25.2 Å². The van der Waals surface area contributed by atoms with Crippen LogP contribution in [0.5, 0.6) is 0 Å². The van der Waals surface area contributed by atoms with E-state index in [1.165, 1.54) is 4.72 Å². The van der Waals surface area contributed by atoms with Gasteiger partial charge in [-0.2, -0.15) is 13.1 Å². The van der Waals surface area contributed by atoms with Crippen molar-refractivity contribution in [2.45, 2.75) is 30.6 Å². The Bertz CT molecular complexity index is 331. The highest BCUT2D eigenvalue weighted by Gasteiger charge is 2.44. The van der Waals surface area contributed by atoms with Crippen LogP contribution in [0.2, 0.25) is 0 Å². The van der Waals surface area contributed by atoms with Gasteiger partial charge in [-0.15, -0.1) is 0 Å². The lowest BCUT2D eigenvalue weighted by Gasteiger charge is -2.39. The third kappa shape index (κ3) is 3.09. The maximum Gasteiger partial charge on any atom is 0.333 e. The molecule has 96 valence electrons. The van der Waals surface area contributed by atoms with E-state index in [2.05, 4.69) is 4.74 Å². The maximum absolute atomic E-state index is 10.5. The van der Waals surface area contributed by atoms with E-state index in [-0.39, 0.29) is 0 Å². The van der Waals surface area contributed by atoms with Crippen molar-refractivity contribution in [3.8, 4) is 0 Å². The summed E-state index contributed by atoms with van der Waals surface area (Å²) >= 11 is 0. The van der Waals surface area contributed by atoms with Crippen LogP contribution in [0.25, 0.3) is 0 Å². The van der Waals surface area contributed by atoms with Crippen LogP contribution >= 0.6 is 0 Å². The molecule has 16 heavy (non-hydrogen) atoms. The van der Waals surface area contributed by atoms with Crippen molar-refractivity contribution in [1.29, 1.82) is 0 Å². The molecule has 0 amide bonds. The van der Waals surface area contributed by atoms with Gasteiger partial charge in [-0.1, -0.05) is 0 Å². The first-order valence-corrected chi connectivity index (χ1v) is 5.75. The van der Waals surface area contributed by atoms with Crippen molar-refractivity contribution in [2.24, 2.45) is 0 Å². The Morgan fingerprint density at radius 1 is 1.19 bits per heavy atom. The summed E-state index contributed by atoms with van der Waals surface area (Å²) in [6, 6.07) is -1.62. The second kappa shape index (κ2) is 4.89. The fourth-order valence-electron chi connectivity index (χ4n) is 1.40. The van der Waals surface area contributed by atoms with Crippen LogP contribution in [0.3, 0.4) is 0 Å². The Morgan fingerprint density at radius 2 is 1.75 bits per heavy atom. The number of aliphatic hydroxyl groups excluding tert-OH is 4. The molecule has 0 aromatic rings. The average Bonchev–Trinajstić information content (AvgIpc) is 2.17. The smallest absolute Gasteiger partial charge is 0.333 e. The zero-order chi connectivity index (χ0) is 12.5. The van der Waals surface area contributed by atoms with Gasteiger partial charge in [0.15, 0.2) is 6.29 Å². The van der Waals surface area contributed by atoms with E-state index < -0.39 is 47.6 Å². The summed E-state index contributed by atoms with van der Waals surface area (Å²) in [4.78, 5) is 0. The van der Waals surface area contributed by atoms with Gasteiger partial charge in [0.1, 0.15) is 24.4 Å². The Hall–Kier alpha value is -0.330. The summed E-state index contributed by atoms with van der Waals surface area (Å²) in [5.74, 6) is 0. The van der Waals surface area contributed by atoms with Crippen LogP contribution in [0, 0.1) is 0 Å². The minimum Gasteiger partial charge on any atom is -0.394 e. The molecule has 10 heteroatoms. The molecule has 0 spiro atoms. The fourth-order valence-corrected chi connectivity index (χ4v) is 2.00. The summed E-state index contributed by atoms with van der Waals surface area (Å²) in [6.45, 7) is -0.659. The molecule has 0 saturated carbocycles. The highest BCUT2D eigenvalue weighted by Crippen LogP contribution is 2.19. The van der Waals surface area contributed by atoms with E-state index in [0.29, 0.717) is 0 Å². The zero-order valence-corrected chi connectivity index (χ0v) is 8.78. The highest BCUT2D eigenvalue weighted by atomic mass is 32.2. The first-order chi connectivity index (χ1) is 7.26. The molecular weight excluding hydrogens is 246 g/mol. The minimum absolute atomic E-state index is 0.659. The molecule has 1 aliphatic rings. The molecule has 1 aliphatic heterocycles. The molecule has 6 N–H and O–H groups in total. The molecule has 0 aromatic carbocycles. The van der Waals surface area contributed by atoms with Gasteiger partial charge in [0.2, 0.25) is 0 Å². The van der Waals surface area contributed by atoms with Crippen LogP contribution in [0.15, 0.2) is 0 Å². The van der Waals surface area contributed by atoms with Crippen LogP contribution in [0.1, 0.15) is 0 Å². The molecule has 1 rings (SSSR count). The lowest BCUT2D eigenvalue weighted by atomic mass is 9.98. The summed E-state index contributed by atoms with van der Waals surface area (Å²) < 4.78 is 35.6. The SMILES string of the molecule is O=S(=O)(O)N[C@H]1[C@@H](O)[C@H](O)[C@@H](CO)O[C@@H]1O. The van der Waals surface area contributed by atoms with Crippen LogP contribution in [-0.4, -0.2) is 70.6 Å². The van der Waals surface area contributed by atoms with E-state index >= 15 is 0 Å². The second-order valence-corrected chi connectivity index (χ2v) is 4.53. The molecule has 0 aromatic heterocycles. The average molecular weight is 259 g/mol. The number of rotatable bonds is 3. The quantitative estimate of drug-likeness (QED) is 0.281. The zero-order valence-electron chi connectivity index (χ0n) is 7.96. The minimum atomic E-state index is -4.66. The molecule has 5 atom stereocenters. The van der Waals surface area contributed by atoms with Crippen molar-refractivity contribution >= 4 is 10.3 Å². The summed E-state index contributed by atoms with van der Waals surface area (Å²) in [5, 5.41) is 36.8. The number of nitrogens with one attached hydrogen (secondary N) is 1. The summed E-state index contributed by atoms with van der Waals surface area (Å²) in [5.41, 5.74) is 0. The summed E-state index contributed by atoms with van der Waals surface area (Å²) in [7, 11) is -4.66. The molecule has 0 unspecified atom stereocenters. The third-order valence-electron chi connectivity index (χ3n) is 2.19. The van der Waals surface area contributed by atoms with Gasteiger partial charge in [-0.3, -0.25) is 4.55 Å². The molecule has 0 radical (unpaired) electrons. The lowest BCUT2D eigenvalue weighted by molar-refractivity contribution is -0.251. The normalized spacial score (nSPS) is 40.9. The number of hydrogen-bond acceptors (Lipinski definition) is 7. The van der Waals surface area contributed by atoms with Crippen LogP contribution in [0.4, 0.5) is 0 Å². The molecule has 0 bridgehead atoms. The predicted octanol–water partition coefficient (Wildman–Crippen LogP) is -3.82. The first kappa shape index (κ1) is 13.7. The van der Waals surface area contributed by atoms with Crippen molar-refractivity contribution < 1.29 is 38.1 Å². The van der Waals surface area contributed by atoms with Gasteiger partial charge in [0.25, 0.3) is 0 Å². The lowest BCUT2D eigenvalue weighted by Crippen LogP contribution is -2.64. The molecular formula is C6H13NO8S. The van der Waals surface area contributed by atoms with Crippen molar-refractivity contribution in [3.63, 3.8) is 0 Å². The Kier molecular flexibility index (Phi) is 4.20. The van der Waals surface area contributed by atoms with E-state index in [4.69, 9.17) is 9.66 Å². The maximum atomic E-state index is 10.5. The monoisotopic (exact) mass is 259 g/mol. The molecule has 9 nitrogen and oxygen atoms in total. The fraction of sp³-hybridized carbons (Fsp3) is 1.00. The number of ether oxygens (including phenoxy) is 1. The van der Waals surface area contributed by atoms with E-state index in [1.807, 2.05) is 0 Å². The standard InChI is InChI=1S/C6H13NO8S/c8-1-2-4(9)5(10)3(6(11)15-2)7-16(12,13)14/h2-11H,1H2,(H,12,13,14)/t2-,3+,4-,5-,6+/m1/s1. The molecule has 1 saturated heterocycles. The third-order valence-corrected chi connectivity index (χ3v) is 2.76. The van der Waals surface area contributed by atoms with Gasteiger partial charge in [0, 0.05) is 0 Å². The van der Waals surface area contributed by atoms with E-state index in [1.54, 1.807) is 0 Å². The Labute approximate surface area is 91.2 Å². The largest absolute Gasteiger partial charge is 0.394 e. The predicted molar refractivity (Wildman–Crippen MR) is 48.5 cm³/mol. The number of aliphatic hydroxyl groups is 4. The molecule has 1 fully saturated rings. The first-order valence-electron chi connectivity index (χ1n) is 4.31. The Balaban J connectivity index is 2.80. The second-order valence-electron chi connectivity index (χ2n) is 3.35. The molecule has 1 heterocycles. The van der Waals surface area contributed by atoms with Crippen LogP contribution < -0.4 is 4.72 Å². The van der Waals surface area contributed by atoms with Gasteiger partial charge in [-0.05, 0) is 0 Å². The Morgan fingerprint density at radius 3 is 2.19 bits per heavy atom. The molecule has 0 aliphatic carbocycles. The van der Waals surface area contributed by atoms with Crippen molar-refractivity contribution in [1.82, 2.24) is 4.72 Å². The van der Waals surface area contributed by atoms with Gasteiger partial charge in [-0.25, -0.2) is 0 Å². The van der Waals surface area contributed by atoms with Gasteiger partial charge >= 0.3 is 10.3 Å². The van der Waals surface area contributed by atoms with Crippen molar-refractivity contribution in [2.75, 3.05) is 6.61 Å².